The van der Waals surface area contributed by atoms with Crippen LogP contribution in [0.25, 0.3) is 6.08 Å². The molecule has 0 saturated carbocycles. The summed E-state index contributed by atoms with van der Waals surface area (Å²) in [6.45, 7) is 7.18. The number of nitrogens with one attached hydrogen (secondary N) is 1. The third-order valence-corrected chi connectivity index (χ3v) is 8.29. The molecule has 0 amide bonds. The lowest BCUT2D eigenvalue weighted by Crippen LogP contribution is -2.71. The molecule has 12 heteroatoms. The molecule has 2 aliphatic rings. The highest BCUT2D eigenvalue weighted by molar-refractivity contribution is 6.28. The topological polar surface area (TPSA) is 193 Å². The summed E-state index contributed by atoms with van der Waals surface area (Å²) in [5.41, 5.74) is -6.16. The number of Topliss-reactive ketones (excluding diaryl/α,β-unsaturated/α-hetero) is 2. The van der Waals surface area contributed by atoms with Crippen LogP contribution in [0.2, 0.25) is 0 Å². The van der Waals surface area contributed by atoms with E-state index in [0.29, 0.717) is 17.0 Å². The first-order chi connectivity index (χ1) is 22.9. The van der Waals surface area contributed by atoms with Crippen LogP contribution in [0.5, 0.6) is 5.75 Å². The van der Waals surface area contributed by atoms with Gasteiger partial charge in [0.25, 0.3) is 11.2 Å². The minimum absolute atomic E-state index is 0.267. The van der Waals surface area contributed by atoms with E-state index in [2.05, 4.69) is 28.5 Å². The number of carbonyl (C=O) groups is 4. The van der Waals surface area contributed by atoms with Crippen LogP contribution < -0.4 is 10.1 Å². The second-order valence-electron chi connectivity index (χ2n) is 11.9. The van der Waals surface area contributed by atoms with E-state index in [9.17, 15) is 39.6 Å². The second kappa shape index (κ2) is 15.9. The summed E-state index contributed by atoms with van der Waals surface area (Å²) >= 11 is 0. The molecular weight excluding hydrogens is 620 g/mol. The molecular formula is C36H40N2O10. The van der Waals surface area contributed by atoms with Crippen molar-refractivity contribution in [3.05, 3.63) is 101 Å². The Balaban J connectivity index is 0.000000228. The quantitative estimate of drug-likeness (QED) is 0.149. The van der Waals surface area contributed by atoms with Gasteiger partial charge in [0.1, 0.15) is 11.9 Å². The van der Waals surface area contributed by atoms with Crippen LogP contribution in [0.15, 0.2) is 73.1 Å². The highest BCUT2D eigenvalue weighted by atomic mass is 16.5. The molecule has 2 aromatic carbocycles. The van der Waals surface area contributed by atoms with Gasteiger partial charge in [-0.1, -0.05) is 71.8 Å². The lowest BCUT2D eigenvalue weighted by Gasteiger charge is -2.34. The van der Waals surface area contributed by atoms with E-state index in [-0.39, 0.29) is 17.2 Å². The third-order valence-electron chi connectivity index (χ3n) is 8.29. The Kier molecular flexibility index (Phi) is 12.0. The van der Waals surface area contributed by atoms with E-state index in [0.717, 1.165) is 74.7 Å². The average Bonchev–Trinajstić information content (AvgIpc) is 3.61. The van der Waals surface area contributed by atoms with E-state index in [4.69, 9.17) is 9.47 Å². The fraction of sp³-hybridized carbons (Fsp3) is 0.361. The number of hydrogen-bond donors (Lipinski definition) is 5. The third kappa shape index (κ3) is 8.20. The average molecular weight is 661 g/mol. The van der Waals surface area contributed by atoms with Crippen LogP contribution in [0.1, 0.15) is 56.7 Å². The minimum Gasteiger partial charge on any atom is -0.489 e. The van der Waals surface area contributed by atoms with E-state index >= 15 is 0 Å². The molecule has 12 nitrogen and oxygen atoms in total. The number of hydrogen-bond acceptors (Lipinski definition) is 10. The van der Waals surface area contributed by atoms with Crippen molar-refractivity contribution in [3.63, 3.8) is 0 Å². The predicted molar refractivity (Wildman–Crippen MR) is 175 cm³/mol. The van der Waals surface area contributed by atoms with Gasteiger partial charge in [0.05, 0.1) is 19.4 Å². The SMILES string of the molecule is C(=C\[C@H]1CCNC1)/c1cncc(OC2CCOCC2)c1.Cc1ccc(C(=O)[C@@](O)(C(=O)O)[C@](O)(C(=O)O)C(=O)c2ccc(C)cc2)cc1. The van der Waals surface area contributed by atoms with Gasteiger partial charge in [-0.3, -0.25) is 14.6 Å². The summed E-state index contributed by atoms with van der Waals surface area (Å²) in [6, 6.07) is 12.4. The van der Waals surface area contributed by atoms with Crippen molar-refractivity contribution in [2.24, 2.45) is 5.92 Å². The number of pyridine rings is 1. The molecule has 1 aromatic heterocycles. The Morgan fingerprint density at radius 2 is 1.35 bits per heavy atom. The Bertz CT molecular complexity index is 1550. The number of aliphatic hydroxyl groups is 2. The van der Waals surface area contributed by atoms with Gasteiger partial charge in [-0.2, -0.15) is 0 Å². The fourth-order valence-electron chi connectivity index (χ4n) is 5.33. The highest BCUT2D eigenvalue weighted by Gasteiger charge is 2.69. The molecule has 5 rings (SSSR count). The number of carboxylic acid groups (broad SMARTS) is 2. The van der Waals surface area contributed by atoms with Gasteiger partial charge in [-0.05, 0) is 44.4 Å². The maximum absolute atomic E-state index is 12.8. The molecule has 2 saturated heterocycles. The molecule has 0 aliphatic carbocycles. The van der Waals surface area contributed by atoms with Crippen molar-refractivity contribution in [1.82, 2.24) is 10.3 Å². The maximum atomic E-state index is 12.8. The van der Waals surface area contributed by atoms with Gasteiger partial charge in [0.15, 0.2) is 0 Å². The van der Waals surface area contributed by atoms with Crippen molar-refractivity contribution < 1.29 is 49.1 Å². The molecule has 2 aliphatic heterocycles. The maximum Gasteiger partial charge on any atom is 0.348 e. The number of nitrogens with zero attached hydrogens (tertiary/aromatic N) is 1. The normalized spacial score (nSPS) is 19.0. The Hall–Kier alpha value is -4.75. The minimum atomic E-state index is -3.96. The molecule has 2 fully saturated rings. The van der Waals surface area contributed by atoms with Crippen molar-refractivity contribution >= 4 is 29.6 Å². The number of carboxylic acids is 2. The first-order valence-corrected chi connectivity index (χ1v) is 15.6. The van der Waals surface area contributed by atoms with Gasteiger partial charge >= 0.3 is 11.9 Å². The zero-order chi connectivity index (χ0) is 34.9. The summed E-state index contributed by atoms with van der Waals surface area (Å²) in [4.78, 5) is 53.4. The van der Waals surface area contributed by atoms with Gasteiger partial charge in [-0.15, -0.1) is 0 Å². The Morgan fingerprint density at radius 1 is 0.833 bits per heavy atom. The molecule has 48 heavy (non-hydrogen) atoms. The zero-order valence-corrected chi connectivity index (χ0v) is 26.8. The molecule has 0 spiro atoms. The molecule has 254 valence electrons. The van der Waals surface area contributed by atoms with Crippen LogP contribution in [0.4, 0.5) is 0 Å². The van der Waals surface area contributed by atoms with Crippen molar-refractivity contribution in [2.45, 2.75) is 50.4 Å². The summed E-state index contributed by atoms with van der Waals surface area (Å²) in [5.74, 6) is -6.50. The smallest absolute Gasteiger partial charge is 0.348 e. The fourth-order valence-corrected chi connectivity index (χ4v) is 5.33. The number of aryl methyl sites for hydroxylation is 2. The number of ether oxygens (including phenoxy) is 2. The molecule has 3 aromatic rings. The van der Waals surface area contributed by atoms with Crippen molar-refractivity contribution in [2.75, 3.05) is 26.3 Å². The monoisotopic (exact) mass is 660 g/mol. The molecule has 3 heterocycles. The van der Waals surface area contributed by atoms with Gasteiger partial charge in [-0.25, -0.2) is 9.59 Å². The number of aromatic nitrogens is 1. The highest BCUT2D eigenvalue weighted by Crippen LogP contribution is 2.32. The van der Waals surface area contributed by atoms with E-state index in [1.807, 2.05) is 6.20 Å². The van der Waals surface area contributed by atoms with E-state index in [1.165, 1.54) is 30.7 Å². The number of carbonyl (C=O) groups excluding carboxylic acids is 2. The van der Waals surface area contributed by atoms with E-state index in [1.54, 1.807) is 20.0 Å². The number of aliphatic carboxylic acids is 2. The molecule has 0 bridgehead atoms. The number of benzene rings is 2. The van der Waals surface area contributed by atoms with Gasteiger partial charge in [0.2, 0.25) is 11.6 Å². The molecule has 0 unspecified atom stereocenters. The van der Waals surface area contributed by atoms with Crippen LogP contribution in [-0.2, 0) is 14.3 Å². The number of ketones is 2. The van der Waals surface area contributed by atoms with Crippen LogP contribution >= 0.6 is 0 Å². The Labute approximate surface area is 278 Å². The summed E-state index contributed by atoms with van der Waals surface area (Å²) < 4.78 is 11.3. The number of rotatable bonds is 11. The summed E-state index contributed by atoms with van der Waals surface area (Å²) in [6.07, 6.45) is 11.5. The standard InChI is InChI=1S/C20H18O8.C16H22N2O2/c1-11-3-7-13(8-4-11)15(21)19(27,17(23)24)20(28,18(25)26)16(22)14-9-5-12(2)6-10-14;1(13-3-6-17-10-13)2-14-9-16(12-18-11-14)20-15-4-7-19-8-5-15/h3-10,27-28H,1-2H3,(H,23,24)(H,25,26);1-2,9,11-13,15,17H,3-8,10H2/b;2-1+/t19-,20-;13-/m10/s1. The zero-order valence-electron chi connectivity index (χ0n) is 26.8. The van der Waals surface area contributed by atoms with Crippen LogP contribution in [0.3, 0.4) is 0 Å². The van der Waals surface area contributed by atoms with Crippen LogP contribution in [0, 0.1) is 19.8 Å². The lowest BCUT2D eigenvalue weighted by molar-refractivity contribution is -0.187. The van der Waals surface area contributed by atoms with E-state index < -0.39 is 34.7 Å². The molecule has 5 N–H and O–H groups in total. The lowest BCUT2D eigenvalue weighted by atomic mass is 9.73. The Morgan fingerprint density at radius 3 is 1.81 bits per heavy atom. The van der Waals surface area contributed by atoms with Gasteiger partial charge in [0, 0.05) is 36.7 Å². The van der Waals surface area contributed by atoms with Crippen molar-refractivity contribution in [3.8, 4) is 5.75 Å². The van der Waals surface area contributed by atoms with Crippen LogP contribution in [-0.4, -0.2) is 92.5 Å². The first-order valence-electron chi connectivity index (χ1n) is 15.6. The molecule has 0 radical (unpaired) electrons. The van der Waals surface area contributed by atoms with Gasteiger partial charge < -0.3 is 35.2 Å². The predicted octanol–water partition coefficient (Wildman–Crippen LogP) is 3.26. The second-order valence-corrected chi connectivity index (χ2v) is 11.9. The first kappa shape index (κ1) is 36.1. The van der Waals surface area contributed by atoms with Crippen molar-refractivity contribution in [1.29, 1.82) is 0 Å². The largest absolute Gasteiger partial charge is 0.489 e. The summed E-state index contributed by atoms with van der Waals surface area (Å²) in [5, 5.41) is 43.7. The molecule has 3 atom stereocenters. The summed E-state index contributed by atoms with van der Waals surface area (Å²) in [7, 11) is 0.